The Morgan fingerprint density at radius 2 is 1.78 bits per heavy atom. The summed E-state index contributed by atoms with van der Waals surface area (Å²) in [6, 6.07) is 0. The molecule has 0 aromatic heterocycles. The Kier molecular flexibility index (Phi) is 5.53. The van der Waals surface area contributed by atoms with Crippen LogP contribution in [0.4, 0.5) is 0 Å². The van der Waals surface area contributed by atoms with Gasteiger partial charge in [0.25, 0.3) is 0 Å². The van der Waals surface area contributed by atoms with Crippen LogP contribution in [0.5, 0.6) is 0 Å². The van der Waals surface area contributed by atoms with Gasteiger partial charge in [0.2, 0.25) is 10.0 Å². The highest BCUT2D eigenvalue weighted by Gasteiger charge is 2.30. The minimum Gasteiger partial charge on any atom is -0.377 e. The monoisotopic (exact) mass is 300 g/mol. The number of sulfone groups is 1. The highest BCUT2D eigenvalue weighted by atomic mass is 32.3. The maximum absolute atomic E-state index is 11.8. The van der Waals surface area contributed by atoms with Gasteiger partial charge in [0.1, 0.15) is 0 Å². The predicted molar refractivity (Wildman–Crippen MR) is 68.2 cm³/mol. The molecule has 108 valence electrons. The van der Waals surface area contributed by atoms with Crippen LogP contribution < -0.4 is 5.73 Å². The van der Waals surface area contributed by atoms with Gasteiger partial charge in [-0.1, -0.05) is 0 Å². The van der Waals surface area contributed by atoms with Gasteiger partial charge in [0.15, 0.2) is 14.9 Å². The molecule has 0 unspecified atom stereocenters. The molecule has 0 aliphatic carbocycles. The number of nitrogens with zero attached hydrogens (tertiary/aromatic N) is 1. The van der Waals surface area contributed by atoms with E-state index in [1.165, 1.54) is 4.31 Å². The maximum atomic E-state index is 11.8. The Balaban J connectivity index is 2.52. The first-order valence-corrected chi connectivity index (χ1v) is 9.39. The molecular formula is C9H20N2O5S2. The van der Waals surface area contributed by atoms with Gasteiger partial charge in [-0.25, -0.2) is 21.1 Å². The van der Waals surface area contributed by atoms with Crippen molar-refractivity contribution in [2.24, 2.45) is 5.73 Å². The van der Waals surface area contributed by atoms with Crippen molar-refractivity contribution in [3.8, 4) is 0 Å². The first-order chi connectivity index (χ1) is 8.24. The molecule has 2 N–H and O–H groups in total. The molecule has 0 bridgehead atoms. The first-order valence-electron chi connectivity index (χ1n) is 5.72. The molecular weight excluding hydrogens is 280 g/mol. The normalized spacial score (nSPS) is 20.1. The third kappa shape index (κ3) is 5.19. The zero-order valence-corrected chi connectivity index (χ0v) is 12.0. The van der Waals surface area contributed by atoms with Crippen molar-refractivity contribution in [3.63, 3.8) is 0 Å². The fourth-order valence-corrected chi connectivity index (χ4v) is 5.38. The fourth-order valence-electron chi connectivity index (χ4n) is 1.86. The van der Waals surface area contributed by atoms with E-state index < -0.39 is 24.9 Å². The smallest absolute Gasteiger partial charge is 0.228 e. The number of rotatable bonds is 6. The summed E-state index contributed by atoms with van der Waals surface area (Å²) >= 11 is 0. The average Bonchev–Trinajstić information content (AvgIpc) is 2.23. The van der Waals surface area contributed by atoms with Crippen molar-refractivity contribution >= 4 is 19.9 Å². The molecule has 0 radical (unpaired) electrons. The third-order valence-electron chi connectivity index (χ3n) is 2.63. The van der Waals surface area contributed by atoms with Crippen molar-refractivity contribution in [1.29, 1.82) is 0 Å². The minimum atomic E-state index is -3.72. The zero-order chi connectivity index (χ0) is 13.8. The molecule has 7 nitrogen and oxygen atoms in total. The van der Waals surface area contributed by atoms with Crippen LogP contribution in [-0.2, 0) is 24.6 Å². The SMILES string of the molecule is CS(=O)(=O)CS(=O)(=O)N1CCC(OCCN)CC1. The van der Waals surface area contributed by atoms with Gasteiger partial charge in [-0.3, -0.25) is 0 Å². The summed E-state index contributed by atoms with van der Waals surface area (Å²) in [5.41, 5.74) is 5.31. The molecule has 0 amide bonds. The zero-order valence-electron chi connectivity index (χ0n) is 10.4. The van der Waals surface area contributed by atoms with E-state index in [2.05, 4.69) is 0 Å². The number of hydrogen-bond donors (Lipinski definition) is 1. The van der Waals surface area contributed by atoms with E-state index in [0.29, 0.717) is 39.1 Å². The van der Waals surface area contributed by atoms with Gasteiger partial charge in [-0.05, 0) is 12.8 Å². The molecule has 18 heavy (non-hydrogen) atoms. The molecule has 1 rings (SSSR count). The summed E-state index contributed by atoms with van der Waals surface area (Å²) in [5.74, 6) is 0. The Labute approximate surface area is 108 Å². The van der Waals surface area contributed by atoms with Crippen LogP contribution in [-0.4, -0.2) is 64.8 Å². The maximum Gasteiger partial charge on any atom is 0.228 e. The lowest BCUT2D eigenvalue weighted by atomic mass is 10.1. The molecule has 1 fully saturated rings. The molecule has 0 aromatic rings. The van der Waals surface area contributed by atoms with Crippen molar-refractivity contribution in [2.75, 3.05) is 37.6 Å². The summed E-state index contributed by atoms with van der Waals surface area (Å²) < 4.78 is 52.4. The number of hydrogen-bond acceptors (Lipinski definition) is 6. The molecule has 0 aromatic carbocycles. The van der Waals surface area contributed by atoms with Crippen LogP contribution >= 0.6 is 0 Å². The standard InChI is InChI=1S/C9H20N2O5S2/c1-17(12,13)8-18(14,15)11-5-2-9(3-6-11)16-7-4-10/h9H,2-8,10H2,1H3. The molecule has 1 saturated heterocycles. The lowest BCUT2D eigenvalue weighted by Gasteiger charge is -2.30. The van der Waals surface area contributed by atoms with Crippen molar-refractivity contribution in [1.82, 2.24) is 4.31 Å². The molecule has 9 heteroatoms. The van der Waals surface area contributed by atoms with E-state index in [0.717, 1.165) is 6.26 Å². The Hall–Kier alpha value is -0.220. The fraction of sp³-hybridized carbons (Fsp3) is 1.00. The lowest BCUT2D eigenvalue weighted by molar-refractivity contribution is 0.0258. The van der Waals surface area contributed by atoms with E-state index in [1.54, 1.807) is 0 Å². The predicted octanol–water partition coefficient (Wildman–Crippen LogP) is -1.24. The van der Waals surface area contributed by atoms with Crippen molar-refractivity contribution in [3.05, 3.63) is 0 Å². The Morgan fingerprint density at radius 3 is 2.22 bits per heavy atom. The van der Waals surface area contributed by atoms with Gasteiger partial charge in [0.05, 0.1) is 12.7 Å². The number of ether oxygens (including phenoxy) is 1. The summed E-state index contributed by atoms with van der Waals surface area (Å²) in [4.78, 5) is 0. The largest absolute Gasteiger partial charge is 0.377 e. The molecule has 1 aliphatic heterocycles. The van der Waals surface area contributed by atoms with Gasteiger partial charge >= 0.3 is 0 Å². The van der Waals surface area contributed by atoms with Crippen LogP contribution in [0, 0.1) is 0 Å². The van der Waals surface area contributed by atoms with Crippen LogP contribution in [0.1, 0.15) is 12.8 Å². The Morgan fingerprint density at radius 1 is 1.22 bits per heavy atom. The summed E-state index contributed by atoms with van der Waals surface area (Å²) in [5, 5.41) is -0.825. The van der Waals surface area contributed by atoms with Crippen LogP contribution in [0.15, 0.2) is 0 Å². The molecule has 0 atom stereocenters. The highest BCUT2D eigenvalue weighted by Crippen LogP contribution is 2.17. The van der Waals surface area contributed by atoms with E-state index in [9.17, 15) is 16.8 Å². The van der Waals surface area contributed by atoms with Gasteiger partial charge in [-0.2, -0.15) is 0 Å². The second-order valence-corrected chi connectivity index (χ2v) is 8.89. The van der Waals surface area contributed by atoms with E-state index in [-0.39, 0.29) is 6.10 Å². The van der Waals surface area contributed by atoms with Crippen LogP contribution in [0.3, 0.4) is 0 Å². The van der Waals surface area contributed by atoms with Crippen LogP contribution in [0.2, 0.25) is 0 Å². The average molecular weight is 300 g/mol. The molecule has 1 aliphatic rings. The minimum absolute atomic E-state index is 0.0123. The second-order valence-electron chi connectivity index (χ2n) is 4.41. The lowest BCUT2D eigenvalue weighted by Crippen LogP contribution is -2.43. The van der Waals surface area contributed by atoms with E-state index >= 15 is 0 Å². The first kappa shape index (κ1) is 15.8. The van der Waals surface area contributed by atoms with E-state index in [1.807, 2.05) is 0 Å². The molecule has 0 spiro atoms. The highest BCUT2D eigenvalue weighted by molar-refractivity contribution is 8.06. The summed E-state index contributed by atoms with van der Waals surface area (Å²) in [6.45, 7) is 1.49. The molecule has 0 saturated carbocycles. The summed E-state index contributed by atoms with van der Waals surface area (Å²) in [6.07, 6.45) is 2.08. The second kappa shape index (κ2) is 6.29. The third-order valence-corrected chi connectivity index (χ3v) is 6.68. The quantitative estimate of drug-likeness (QED) is 0.657. The van der Waals surface area contributed by atoms with Crippen molar-refractivity contribution < 1.29 is 21.6 Å². The number of sulfonamides is 1. The van der Waals surface area contributed by atoms with E-state index in [4.69, 9.17) is 10.5 Å². The summed E-state index contributed by atoms with van der Waals surface area (Å²) in [7, 11) is -7.26. The van der Waals surface area contributed by atoms with Gasteiger partial charge in [-0.15, -0.1) is 0 Å². The van der Waals surface area contributed by atoms with Crippen LogP contribution in [0.25, 0.3) is 0 Å². The van der Waals surface area contributed by atoms with Crippen molar-refractivity contribution in [2.45, 2.75) is 18.9 Å². The topological polar surface area (TPSA) is 107 Å². The number of piperidine rings is 1. The van der Waals surface area contributed by atoms with Gasteiger partial charge in [0, 0.05) is 25.9 Å². The number of nitrogens with two attached hydrogens (primary N) is 1. The van der Waals surface area contributed by atoms with Gasteiger partial charge < -0.3 is 10.5 Å². The molecule has 1 heterocycles. The Bertz CT molecular complexity index is 451.